The Balaban J connectivity index is 1.51. The largest absolute Gasteiger partial charge is 0.379 e. The van der Waals surface area contributed by atoms with Gasteiger partial charge in [0.15, 0.2) is 0 Å². The van der Waals surface area contributed by atoms with Gasteiger partial charge < -0.3 is 4.74 Å². The molecule has 3 heteroatoms. The minimum Gasteiger partial charge on any atom is -0.379 e. The van der Waals surface area contributed by atoms with E-state index in [1.54, 1.807) is 0 Å². The number of carbonyl (C=O) groups excluding carboxylic acids is 1. The van der Waals surface area contributed by atoms with Gasteiger partial charge in [-0.1, -0.05) is 48.5 Å². The predicted octanol–water partition coefficient (Wildman–Crippen LogP) is 3.12. The van der Waals surface area contributed by atoms with Crippen LogP contribution in [0.3, 0.4) is 0 Å². The van der Waals surface area contributed by atoms with Gasteiger partial charge in [0, 0.05) is 25.2 Å². The molecule has 0 atom stereocenters. The Hall–Kier alpha value is -1.97. The van der Waals surface area contributed by atoms with E-state index < -0.39 is 0 Å². The Kier molecular flexibility index (Phi) is 5.56. The first-order valence-electron chi connectivity index (χ1n) is 8.25. The first-order chi connectivity index (χ1) is 11.3. The predicted molar refractivity (Wildman–Crippen MR) is 91.8 cm³/mol. The van der Waals surface area contributed by atoms with Crippen molar-refractivity contribution in [2.24, 2.45) is 0 Å². The van der Waals surface area contributed by atoms with Gasteiger partial charge in [0.05, 0.1) is 13.2 Å². The average molecular weight is 309 g/mol. The molecule has 0 aromatic heterocycles. The van der Waals surface area contributed by atoms with Gasteiger partial charge >= 0.3 is 0 Å². The quantitative estimate of drug-likeness (QED) is 0.768. The Morgan fingerprint density at radius 2 is 1.35 bits per heavy atom. The molecule has 0 spiro atoms. The van der Waals surface area contributed by atoms with Crippen molar-refractivity contribution < 1.29 is 9.53 Å². The zero-order valence-corrected chi connectivity index (χ0v) is 13.4. The van der Waals surface area contributed by atoms with E-state index >= 15 is 0 Å². The van der Waals surface area contributed by atoms with Crippen LogP contribution in [0, 0.1) is 0 Å². The number of aryl methyl sites for hydroxylation is 2. The molecular weight excluding hydrogens is 286 g/mol. The molecule has 23 heavy (non-hydrogen) atoms. The number of ether oxygens (including phenoxy) is 1. The topological polar surface area (TPSA) is 29.5 Å². The van der Waals surface area contributed by atoms with Crippen molar-refractivity contribution in [2.45, 2.75) is 19.4 Å². The Labute approximate surface area is 137 Å². The minimum atomic E-state index is 0.737. The van der Waals surface area contributed by atoms with Crippen LogP contribution in [0.25, 0.3) is 0 Å². The van der Waals surface area contributed by atoms with E-state index in [-0.39, 0.29) is 0 Å². The molecule has 0 bridgehead atoms. The van der Waals surface area contributed by atoms with Gasteiger partial charge in [-0.05, 0) is 29.5 Å². The summed E-state index contributed by atoms with van der Waals surface area (Å²) in [6.07, 6.45) is 2.91. The zero-order chi connectivity index (χ0) is 15.9. The van der Waals surface area contributed by atoms with Crippen molar-refractivity contribution in [3.63, 3.8) is 0 Å². The highest BCUT2D eigenvalue weighted by molar-refractivity contribution is 5.74. The Morgan fingerprint density at radius 3 is 1.91 bits per heavy atom. The maximum atomic E-state index is 10.7. The van der Waals surface area contributed by atoms with Gasteiger partial charge in [-0.15, -0.1) is 0 Å². The second kappa shape index (κ2) is 8.04. The highest BCUT2D eigenvalue weighted by atomic mass is 16.5. The summed E-state index contributed by atoms with van der Waals surface area (Å²) in [6, 6.07) is 16.8. The van der Waals surface area contributed by atoms with Crippen LogP contribution in [-0.2, 0) is 24.1 Å². The number of rotatable bonds is 6. The number of hydrogen-bond donors (Lipinski definition) is 0. The molecule has 3 rings (SSSR count). The Bertz CT molecular complexity index is 613. The number of aldehydes is 1. The molecule has 1 saturated heterocycles. The van der Waals surface area contributed by atoms with Crippen molar-refractivity contribution in [2.75, 3.05) is 26.3 Å². The molecule has 2 aromatic carbocycles. The SMILES string of the molecule is O=Cc1ccc(CCc2ccc(CN3CCOCC3)cc2)cc1. The average Bonchev–Trinajstić information content (AvgIpc) is 2.62. The van der Waals surface area contributed by atoms with E-state index in [1.807, 2.05) is 24.3 Å². The van der Waals surface area contributed by atoms with Crippen LogP contribution in [0.1, 0.15) is 27.0 Å². The number of carbonyl (C=O) groups is 1. The summed E-state index contributed by atoms with van der Waals surface area (Å²) in [7, 11) is 0. The van der Waals surface area contributed by atoms with Crippen molar-refractivity contribution in [1.82, 2.24) is 4.90 Å². The molecule has 0 amide bonds. The summed E-state index contributed by atoms with van der Waals surface area (Å²) in [4.78, 5) is 13.1. The third kappa shape index (κ3) is 4.75. The van der Waals surface area contributed by atoms with E-state index in [4.69, 9.17) is 4.74 Å². The molecule has 3 nitrogen and oxygen atoms in total. The number of hydrogen-bond acceptors (Lipinski definition) is 3. The van der Waals surface area contributed by atoms with Crippen molar-refractivity contribution in [3.05, 3.63) is 70.8 Å². The second-order valence-electron chi connectivity index (χ2n) is 6.06. The van der Waals surface area contributed by atoms with Crippen LogP contribution in [0.4, 0.5) is 0 Å². The molecule has 1 fully saturated rings. The fourth-order valence-electron chi connectivity index (χ4n) is 2.88. The highest BCUT2D eigenvalue weighted by Gasteiger charge is 2.10. The third-order valence-corrected chi connectivity index (χ3v) is 4.35. The molecule has 0 radical (unpaired) electrons. The van der Waals surface area contributed by atoms with Gasteiger partial charge in [0.2, 0.25) is 0 Å². The first-order valence-corrected chi connectivity index (χ1v) is 8.25. The molecule has 1 aliphatic rings. The standard InChI is InChI=1S/C20H23NO2/c22-16-20-9-5-18(6-10-20)2-1-17-3-7-19(8-4-17)15-21-11-13-23-14-12-21/h3-10,16H,1-2,11-15H2. The summed E-state index contributed by atoms with van der Waals surface area (Å²) < 4.78 is 5.38. The molecule has 0 N–H and O–H groups in total. The fraction of sp³-hybridized carbons (Fsp3) is 0.350. The van der Waals surface area contributed by atoms with Crippen LogP contribution in [0.5, 0.6) is 0 Å². The fourth-order valence-corrected chi connectivity index (χ4v) is 2.88. The minimum absolute atomic E-state index is 0.737. The molecule has 0 saturated carbocycles. The molecule has 120 valence electrons. The zero-order valence-electron chi connectivity index (χ0n) is 13.4. The van der Waals surface area contributed by atoms with Crippen LogP contribution in [0.2, 0.25) is 0 Å². The maximum Gasteiger partial charge on any atom is 0.150 e. The van der Waals surface area contributed by atoms with Crippen LogP contribution >= 0.6 is 0 Å². The summed E-state index contributed by atoms with van der Waals surface area (Å²) in [5, 5.41) is 0. The van der Waals surface area contributed by atoms with Crippen LogP contribution in [0.15, 0.2) is 48.5 Å². The molecule has 1 heterocycles. The number of nitrogens with zero attached hydrogens (tertiary/aromatic N) is 1. The molecular formula is C20H23NO2. The van der Waals surface area contributed by atoms with Gasteiger partial charge in [-0.2, -0.15) is 0 Å². The summed E-state index contributed by atoms with van der Waals surface area (Å²) in [5.41, 5.74) is 4.73. The lowest BCUT2D eigenvalue weighted by atomic mass is 10.0. The Morgan fingerprint density at radius 1 is 0.826 bits per heavy atom. The number of morpholine rings is 1. The van der Waals surface area contributed by atoms with Crippen molar-refractivity contribution >= 4 is 6.29 Å². The van der Waals surface area contributed by atoms with Crippen LogP contribution in [-0.4, -0.2) is 37.5 Å². The van der Waals surface area contributed by atoms with Crippen LogP contribution < -0.4 is 0 Å². The highest BCUT2D eigenvalue weighted by Crippen LogP contribution is 2.12. The molecule has 0 unspecified atom stereocenters. The second-order valence-corrected chi connectivity index (χ2v) is 6.06. The lowest BCUT2D eigenvalue weighted by Gasteiger charge is -2.26. The third-order valence-electron chi connectivity index (χ3n) is 4.35. The van der Waals surface area contributed by atoms with Gasteiger partial charge in [0.25, 0.3) is 0 Å². The molecule has 0 aliphatic carbocycles. The lowest BCUT2D eigenvalue weighted by Crippen LogP contribution is -2.35. The van der Waals surface area contributed by atoms with E-state index in [9.17, 15) is 4.79 Å². The molecule has 2 aromatic rings. The first kappa shape index (κ1) is 15.9. The molecule has 1 aliphatic heterocycles. The smallest absolute Gasteiger partial charge is 0.150 e. The maximum absolute atomic E-state index is 10.7. The van der Waals surface area contributed by atoms with E-state index in [0.717, 1.165) is 57.5 Å². The summed E-state index contributed by atoms with van der Waals surface area (Å²) >= 11 is 0. The van der Waals surface area contributed by atoms with Gasteiger partial charge in [-0.3, -0.25) is 9.69 Å². The summed E-state index contributed by atoms with van der Waals surface area (Å²) in [5.74, 6) is 0. The van der Waals surface area contributed by atoms with E-state index in [2.05, 4.69) is 29.2 Å². The van der Waals surface area contributed by atoms with Gasteiger partial charge in [0.1, 0.15) is 6.29 Å². The van der Waals surface area contributed by atoms with E-state index in [0.29, 0.717) is 0 Å². The monoisotopic (exact) mass is 309 g/mol. The van der Waals surface area contributed by atoms with E-state index in [1.165, 1.54) is 16.7 Å². The van der Waals surface area contributed by atoms with Crippen molar-refractivity contribution in [1.29, 1.82) is 0 Å². The van der Waals surface area contributed by atoms with Crippen molar-refractivity contribution in [3.8, 4) is 0 Å². The normalized spacial score (nSPS) is 15.5. The van der Waals surface area contributed by atoms with Gasteiger partial charge in [-0.25, -0.2) is 0 Å². The number of benzene rings is 2. The lowest BCUT2D eigenvalue weighted by molar-refractivity contribution is 0.0342. The summed E-state index contributed by atoms with van der Waals surface area (Å²) in [6.45, 7) is 4.76.